The SMILES string of the molecule is Cc1ccc(S[C@@H](C)C(=O)N[C@H]2C[C@@H]3CC[C@@H]2C3)cc1. The zero-order valence-electron chi connectivity index (χ0n) is 12.3. The number of rotatable bonds is 4. The van der Waals surface area contributed by atoms with Gasteiger partial charge in [-0.3, -0.25) is 4.79 Å². The van der Waals surface area contributed by atoms with E-state index in [1.165, 1.54) is 36.1 Å². The molecule has 3 heteroatoms. The monoisotopic (exact) mass is 289 g/mol. The van der Waals surface area contributed by atoms with E-state index in [1.54, 1.807) is 11.8 Å². The van der Waals surface area contributed by atoms with Gasteiger partial charge >= 0.3 is 0 Å². The van der Waals surface area contributed by atoms with Crippen molar-refractivity contribution < 1.29 is 4.79 Å². The van der Waals surface area contributed by atoms with Gasteiger partial charge < -0.3 is 5.32 Å². The second kappa shape index (κ2) is 5.80. The lowest BCUT2D eigenvalue weighted by molar-refractivity contribution is -0.121. The van der Waals surface area contributed by atoms with Crippen LogP contribution in [0.2, 0.25) is 0 Å². The lowest BCUT2D eigenvalue weighted by Crippen LogP contribution is -2.42. The Morgan fingerprint density at radius 2 is 2.00 bits per heavy atom. The minimum atomic E-state index is -0.0168. The first-order valence-corrected chi connectivity index (χ1v) is 8.53. The highest BCUT2D eigenvalue weighted by atomic mass is 32.2. The number of nitrogens with one attached hydrogen (secondary N) is 1. The number of hydrogen-bond acceptors (Lipinski definition) is 2. The van der Waals surface area contributed by atoms with Crippen molar-refractivity contribution in [3.05, 3.63) is 29.8 Å². The molecular weight excluding hydrogens is 266 g/mol. The van der Waals surface area contributed by atoms with Crippen molar-refractivity contribution in [3.8, 4) is 0 Å². The highest BCUT2D eigenvalue weighted by Gasteiger charge is 2.40. The molecule has 108 valence electrons. The van der Waals surface area contributed by atoms with Gasteiger partial charge in [-0.1, -0.05) is 24.1 Å². The van der Waals surface area contributed by atoms with Crippen molar-refractivity contribution in [2.75, 3.05) is 0 Å². The van der Waals surface area contributed by atoms with E-state index in [4.69, 9.17) is 0 Å². The van der Waals surface area contributed by atoms with Crippen LogP contribution in [0.4, 0.5) is 0 Å². The van der Waals surface area contributed by atoms with Crippen molar-refractivity contribution >= 4 is 17.7 Å². The van der Waals surface area contributed by atoms with E-state index < -0.39 is 0 Å². The summed E-state index contributed by atoms with van der Waals surface area (Å²) in [6.45, 7) is 4.09. The molecule has 2 aliphatic rings. The molecule has 0 unspecified atom stereocenters. The Morgan fingerprint density at radius 1 is 1.25 bits per heavy atom. The maximum atomic E-state index is 12.3. The van der Waals surface area contributed by atoms with Gasteiger partial charge in [0.15, 0.2) is 0 Å². The van der Waals surface area contributed by atoms with E-state index in [-0.39, 0.29) is 11.2 Å². The Bertz CT molecular complexity index is 484. The van der Waals surface area contributed by atoms with Crippen LogP contribution in [0.25, 0.3) is 0 Å². The summed E-state index contributed by atoms with van der Waals surface area (Å²) >= 11 is 1.65. The largest absolute Gasteiger partial charge is 0.352 e. The van der Waals surface area contributed by atoms with Crippen LogP contribution in [0.3, 0.4) is 0 Å². The first-order chi connectivity index (χ1) is 9.61. The topological polar surface area (TPSA) is 29.1 Å². The summed E-state index contributed by atoms with van der Waals surface area (Å²) in [6.07, 6.45) is 5.24. The number of carbonyl (C=O) groups excluding carboxylic acids is 1. The third-order valence-corrected chi connectivity index (χ3v) is 5.88. The van der Waals surface area contributed by atoms with Crippen molar-refractivity contribution in [1.29, 1.82) is 0 Å². The maximum Gasteiger partial charge on any atom is 0.233 e. The second-order valence-corrected chi connectivity index (χ2v) is 7.78. The molecule has 1 aromatic carbocycles. The Kier molecular flexibility index (Phi) is 4.06. The van der Waals surface area contributed by atoms with E-state index in [0.717, 1.165) is 11.8 Å². The van der Waals surface area contributed by atoms with Crippen LogP contribution in [0, 0.1) is 18.8 Å². The number of benzene rings is 1. The van der Waals surface area contributed by atoms with Gasteiger partial charge in [-0.25, -0.2) is 0 Å². The Labute approximate surface area is 125 Å². The van der Waals surface area contributed by atoms with Crippen molar-refractivity contribution in [2.45, 2.75) is 55.7 Å². The van der Waals surface area contributed by atoms with Crippen molar-refractivity contribution in [1.82, 2.24) is 5.32 Å². The van der Waals surface area contributed by atoms with Crippen LogP contribution in [0.1, 0.15) is 38.2 Å². The minimum Gasteiger partial charge on any atom is -0.352 e. The normalized spacial score (nSPS) is 29.4. The molecule has 2 saturated carbocycles. The standard InChI is InChI=1S/C17H23NOS/c1-11-3-7-15(8-4-11)20-12(2)17(19)18-16-10-13-5-6-14(16)9-13/h3-4,7-8,12-14,16H,5-6,9-10H2,1-2H3,(H,18,19)/t12-,13+,14+,16-/m0/s1. The number of thioether (sulfide) groups is 1. The molecule has 0 saturated heterocycles. The summed E-state index contributed by atoms with van der Waals surface area (Å²) in [4.78, 5) is 13.5. The predicted octanol–water partition coefficient (Wildman–Crippen LogP) is 3.78. The summed E-state index contributed by atoms with van der Waals surface area (Å²) in [7, 11) is 0. The summed E-state index contributed by atoms with van der Waals surface area (Å²) in [5.74, 6) is 1.83. The smallest absolute Gasteiger partial charge is 0.233 e. The third-order valence-electron chi connectivity index (χ3n) is 4.77. The summed E-state index contributed by atoms with van der Waals surface area (Å²) in [5, 5.41) is 3.27. The molecule has 0 radical (unpaired) electrons. The Morgan fingerprint density at radius 3 is 2.60 bits per heavy atom. The highest BCUT2D eigenvalue weighted by Crippen LogP contribution is 2.44. The number of hydrogen-bond donors (Lipinski definition) is 1. The molecule has 4 atom stereocenters. The van der Waals surface area contributed by atoms with Gasteiger partial charge in [0.2, 0.25) is 5.91 Å². The summed E-state index contributed by atoms with van der Waals surface area (Å²) in [6, 6.07) is 8.84. The molecule has 20 heavy (non-hydrogen) atoms. The van der Waals surface area contributed by atoms with Crippen molar-refractivity contribution in [3.63, 3.8) is 0 Å². The molecule has 2 aliphatic carbocycles. The summed E-state index contributed by atoms with van der Waals surface area (Å²) < 4.78 is 0. The van der Waals surface area contributed by atoms with E-state index in [1.807, 2.05) is 6.92 Å². The first kappa shape index (κ1) is 14.0. The van der Waals surface area contributed by atoms with Gasteiger partial charge in [-0.2, -0.15) is 0 Å². The highest BCUT2D eigenvalue weighted by molar-refractivity contribution is 8.00. The molecule has 3 rings (SSSR count). The lowest BCUT2D eigenvalue weighted by Gasteiger charge is -2.24. The van der Waals surface area contributed by atoms with Crippen LogP contribution in [0.15, 0.2) is 29.2 Å². The molecule has 0 heterocycles. The fourth-order valence-electron chi connectivity index (χ4n) is 3.60. The zero-order chi connectivity index (χ0) is 14.1. The van der Waals surface area contributed by atoms with Gasteiger partial charge in [-0.05, 0) is 57.1 Å². The van der Waals surface area contributed by atoms with E-state index in [2.05, 4.69) is 36.5 Å². The number of fused-ring (bicyclic) bond motifs is 2. The molecule has 2 fully saturated rings. The molecular formula is C17H23NOS. The molecule has 1 aromatic rings. The number of carbonyl (C=O) groups is 1. The quantitative estimate of drug-likeness (QED) is 0.855. The second-order valence-electron chi connectivity index (χ2n) is 6.36. The van der Waals surface area contributed by atoms with Gasteiger partial charge in [0, 0.05) is 10.9 Å². The molecule has 0 aromatic heterocycles. The summed E-state index contributed by atoms with van der Waals surface area (Å²) in [5.41, 5.74) is 1.26. The fourth-order valence-corrected chi connectivity index (χ4v) is 4.47. The van der Waals surface area contributed by atoms with E-state index in [0.29, 0.717) is 6.04 Å². The zero-order valence-corrected chi connectivity index (χ0v) is 13.1. The van der Waals surface area contributed by atoms with Crippen LogP contribution >= 0.6 is 11.8 Å². The molecule has 1 N–H and O–H groups in total. The van der Waals surface area contributed by atoms with Crippen LogP contribution in [-0.2, 0) is 4.79 Å². The Balaban J connectivity index is 1.53. The van der Waals surface area contributed by atoms with Gasteiger partial charge in [0.05, 0.1) is 5.25 Å². The molecule has 0 spiro atoms. The van der Waals surface area contributed by atoms with Crippen LogP contribution in [0.5, 0.6) is 0 Å². The fraction of sp³-hybridized carbons (Fsp3) is 0.588. The predicted molar refractivity (Wildman–Crippen MR) is 83.9 cm³/mol. The van der Waals surface area contributed by atoms with Crippen LogP contribution < -0.4 is 5.32 Å². The van der Waals surface area contributed by atoms with Gasteiger partial charge in [0.1, 0.15) is 0 Å². The minimum absolute atomic E-state index is 0.0168. The van der Waals surface area contributed by atoms with Gasteiger partial charge in [-0.15, -0.1) is 11.8 Å². The number of aryl methyl sites for hydroxylation is 1. The van der Waals surface area contributed by atoms with E-state index in [9.17, 15) is 4.79 Å². The average molecular weight is 289 g/mol. The van der Waals surface area contributed by atoms with Crippen molar-refractivity contribution in [2.24, 2.45) is 11.8 Å². The molecule has 1 amide bonds. The molecule has 2 bridgehead atoms. The van der Waals surface area contributed by atoms with Crippen LogP contribution in [-0.4, -0.2) is 17.2 Å². The first-order valence-electron chi connectivity index (χ1n) is 7.65. The Hall–Kier alpha value is -0.960. The third kappa shape index (κ3) is 3.03. The molecule has 0 aliphatic heterocycles. The lowest BCUT2D eigenvalue weighted by atomic mass is 9.95. The van der Waals surface area contributed by atoms with E-state index >= 15 is 0 Å². The van der Waals surface area contributed by atoms with Gasteiger partial charge in [0.25, 0.3) is 0 Å². The maximum absolute atomic E-state index is 12.3. The molecule has 2 nitrogen and oxygen atoms in total. The number of amides is 1. The average Bonchev–Trinajstić information content (AvgIpc) is 3.03.